The van der Waals surface area contributed by atoms with Crippen LogP contribution in [0, 0.1) is 23.7 Å². The van der Waals surface area contributed by atoms with E-state index in [0.717, 1.165) is 19.3 Å². The zero-order valence-electron chi connectivity index (χ0n) is 21.2. The number of unbranched alkanes of at least 4 members (excludes halogenated alkanes) is 12. The molecular weight excluding hydrogens is 432 g/mol. The molecular formula is C28H44O6. The fourth-order valence-electron chi connectivity index (χ4n) is 3.17. The predicted octanol–water partition coefficient (Wildman–Crippen LogP) is 5.21. The van der Waals surface area contributed by atoms with Crippen LogP contribution in [-0.2, 0) is 19.1 Å². The second-order valence-corrected chi connectivity index (χ2v) is 8.41. The molecule has 0 unspecified atom stereocenters. The Bertz CT molecular complexity index is 689. The van der Waals surface area contributed by atoms with Crippen LogP contribution < -0.4 is 0 Å². The van der Waals surface area contributed by atoms with Crippen LogP contribution in [0.25, 0.3) is 0 Å². The third-order valence-electron chi connectivity index (χ3n) is 5.08. The normalized spacial score (nSPS) is 11.6. The Morgan fingerprint density at radius 3 is 2.06 bits per heavy atom. The van der Waals surface area contributed by atoms with E-state index in [9.17, 15) is 9.59 Å². The minimum atomic E-state index is -1.07. The Balaban J connectivity index is 4.05. The third kappa shape index (κ3) is 22.9. The zero-order valence-corrected chi connectivity index (χ0v) is 21.2. The van der Waals surface area contributed by atoms with Crippen LogP contribution in [0.1, 0.15) is 110 Å². The predicted molar refractivity (Wildman–Crippen MR) is 134 cm³/mol. The van der Waals surface area contributed by atoms with Gasteiger partial charge in [0.2, 0.25) is 0 Å². The molecule has 0 spiro atoms. The van der Waals surface area contributed by atoms with Gasteiger partial charge < -0.3 is 19.7 Å². The van der Waals surface area contributed by atoms with Crippen molar-refractivity contribution in [3.63, 3.8) is 0 Å². The SMILES string of the molecule is CCCCCCCCCCCCCC/C=C(\C#CC#CCCC(=O)OC[C@H](O)CO)OC(C)=O. The molecule has 2 N–H and O–H groups in total. The molecule has 0 heterocycles. The second-order valence-electron chi connectivity index (χ2n) is 8.41. The van der Waals surface area contributed by atoms with Gasteiger partial charge in [-0.3, -0.25) is 9.59 Å². The molecule has 0 rings (SSSR count). The monoisotopic (exact) mass is 476 g/mol. The Kier molecular flexibility index (Phi) is 22.3. The summed E-state index contributed by atoms with van der Waals surface area (Å²) in [6, 6.07) is 0. The van der Waals surface area contributed by atoms with Crippen molar-refractivity contribution >= 4 is 11.9 Å². The van der Waals surface area contributed by atoms with E-state index in [4.69, 9.17) is 19.7 Å². The zero-order chi connectivity index (χ0) is 25.3. The molecule has 6 nitrogen and oxygen atoms in total. The number of allylic oxidation sites excluding steroid dienone is 2. The number of carbonyl (C=O) groups is 2. The maximum Gasteiger partial charge on any atom is 0.308 e. The van der Waals surface area contributed by atoms with Crippen LogP contribution in [0.4, 0.5) is 0 Å². The Labute approximate surface area is 206 Å². The van der Waals surface area contributed by atoms with Crippen molar-refractivity contribution in [1.29, 1.82) is 0 Å². The van der Waals surface area contributed by atoms with Crippen LogP contribution in [0.3, 0.4) is 0 Å². The maximum atomic E-state index is 11.4. The van der Waals surface area contributed by atoms with Gasteiger partial charge in [-0.2, -0.15) is 0 Å². The first-order valence-corrected chi connectivity index (χ1v) is 12.8. The van der Waals surface area contributed by atoms with Crippen molar-refractivity contribution in [2.75, 3.05) is 13.2 Å². The summed E-state index contributed by atoms with van der Waals surface area (Å²) in [7, 11) is 0. The fourth-order valence-corrected chi connectivity index (χ4v) is 3.17. The lowest BCUT2D eigenvalue weighted by molar-refractivity contribution is -0.147. The van der Waals surface area contributed by atoms with E-state index in [0.29, 0.717) is 5.76 Å². The van der Waals surface area contributed by atoms with E-state index < -0.39 is 24.6 Å². The van der Waals surface area contributed by atoms with Crippen molar-refractivity contribution in [2.24, 2.45) is 0 Å². The molecule has 0 aromatic rings. The Hall–Kier alpha value is -2.28. The quantitative estimate of drug-likeness (QED) is 0.115. The van der Waals surface area contributed by atoms with Crippen LogP contribution in [0.15, 0.2) is 11.8 Å². The lowest BCUT2D eigenvalue weighted by Crippen LogP contribution is -2.21. The molecule has 0 amide bonds. The van der Waals surface area contributed by atoms with Gasteiger partial charge in [0.15, 0.2) is 5.76 Å². The van der Waals surface area contributed by atoms with Crippen LogP contribution in [-0.4, -0.2) is 41.5 Å². The highest BCUT2D eigenvalue weighted by Crippen LogP contribution is 2.13. The number of rotatable bonds is 19. The summed E-state index contributed by atoms with van der Waals surface area (Å²) in [5.74, 6) is 10.1. The average Bonchev–Trinajstić information content (AvgIpc) is 2.81. The highest BCUT2D eigenvalue weighted by Gasteiger charge is 2.06. The molecule has 0 fully saturated rings. The third-order valence-corrected chi connectivity index (χ3v) is 5.08. The van der Waals surface area contributed by atoms with Gasteiger partial charge in [0.1, 0.15) is 12.7 Å². The first-order chi connectivity index (χ1) is 16.5. The molecule has 34 heavy (non-hydrogen) atoms. The Morgan fingerprint density at radius 1 is 0.912 bits per heavy atom. The van der Waals surface area contributed by atoms with E-state index in [1.54, 1.807) is 0 Å². The molecule has 0 aliphatic heterocycles. The second kappa shape index (κ2) is 23.9. The van der Waals surface area contributed by atoms with Crippen molar-refractivity contribution in [3.8, 4) is 23.7 Å². The van der Waals surface area contributed by atoms with Gasteiger partial charge in [0, 0.05) is 13.3 Å². The fraction of sp³-hybridized carbons (Fsp3) is 0.714. The molecule has 0 aliphatic carbocycles. The standard InChI is InChI=1S/C28H44O6/c1-3-4-5-6-7-8-9-10-11-12-13-14-17-20-27(34-25(2)30)21-18-15-16-19-22-28(32)33-24-26(31)23-29/h20,26,29,31H,3-14,17,19,22-24H2,1-2H3/b27-20+/t26-/m1/s1. The summed E-state index contributed by atoms with van der Waals surface area (Å²) in [6.45, 7) is 2.89. The molecule has 0 aliphatic rings. The molecule has 0 saturated carbocycles. The molecule has 0 bridgehead atoms. The summed E-state index contributed by atoms with van der Waals surface area (Å²) < 4.78 is 9.91. The van der Waals surface area contributed by atoms with E-state index in [1.165, 1.54) is 71.1 Å². The van der Waals surface area contributed by atoms with Crippen LogP contribution in [0.2, 0.25) is 0 Å². The molecule has 0 saturated heterocycles. The molecule has 6 heteroatoms. The van der Waals surface area contributed by atoms with Gasteiger partial charge in [-0.1, -0.05) is 83.5 Å². The lowest BCUT2D eigenvalue weighted by atomic mass is 10.0. The molecule has 1 atom stereocenters. The van der Waals surface area contributed by atoms with Gasteiger partial charge in [0.05, 0.1) is 13.0 Å². The smallest absolute Gasteiger partial charge is 0.308 e. The number of ether oxygens (including phenoxy) is 2. The molecule has 192 valence electrons. The minimum Gasteiger partial charge on any atom is -0.463 e. The van der Waals surface area contributed by atoms with Crippen molar-refractivity contribution in [2.45, 2.75) is 116 Å². The van der Waals surface area contributed by atoms with Crippen molar-refractivity contribution < 1.29 is 29.3 Å². The van der Waals surface area contributed by atoms with Gasteiger partial charge in [-0.15, -0.1) is 0 Å². The van der Waals surface area contributed by atoms with Crippen molar-refractivity contribution in [1.82, 2.24) is 0 Å². The topological polar surface area (TPSA) is 93.1 Å². The minimum absolute atomic E-state index is 0.0679. The average molecular weight is 477 g/mol. The van der Waals surface area contributed by atoms with E-state index in [2.05, 4.69) is 30.6 Å². The summed E-state index contributed by atoms with van der Waals surface area (Å²) in [4.78, 5) is 22.7. The number of esters is 2. The first-order valence-electron chi connectivity index (χ1n) is 12.8. The number of hydrogen-bond donors (Lipinski definition) is 2. The van der Waals surface area contributed by atoms with E-state index in [1.807, 2.05) is 6.08 Å². The number of carbonyl (C=O) groups excluding carboxylic acids is 2. The van der Waals surface area contributed by atoms with Gasteiger partial charge >= 0.3 is 11.9 Å². The van der Waals surface area contributed by atoms with E-state index in [-0.39, 0.29) is 19.4 Å². The highest BCUT2D eigenvalue weighted by atomic mass is 16.5. The van der Waals surface area contributed by atoms with E-state index >= 15 is 0 Å². The van der Waals surface area contributed by atoms with Gasteiger partial charge in [-0.25, -0.2) is 0 Å². The summed E-state index contributed by atoms with van der Waals surface area (Å²) in [6.07, 6.45) is 17.4. The molecule has 0 radical (unpaired) electrons. The summed E-state index contributed by atoms with van der Waals surface area (Å²) in [5.41, 5.74) is 0. The van der Waals surface area contributed by atoms with Crippen LogP contribution in [0.5, 0.6) is 0 Å². The number of aliphatic hydroxyl groups excluding tert-OH is 2. The van der Waals surface area contributed by atoms with Crippen molar-refractivity contribution in [3.05, 3.63) is 11.8 Å². The van der Waals surface area contributed by atoms with Gasteiger partial charge in [0.25, 0.3) is 0 Å². The maximum absolute atomic E-state index is 11.4. The summed E-state index contributed by atoms with van der Waals surface area (Å²) in [5, 5.41) is 17.8. The van der Waals surface area contributed by atoms with Gasteiger partial charge in [-0.05, 0) is 36.7 Å². The summed E-state index contributed by atoms with van der Waals surface area (Å²) >= 11 is 0. The number of aliphatic hydroxyl groups is 2. The Morgan fingerprint density at radius 2 is 1.50 bits per heavy atom. The first kappa shape index (κ1) is 31.7. The lowest BCUT2D eigenvalue weighted by Gasteiger charge is -2.07. The highest BCUT2D eigenvalue weighted by molar-refractivity contribution is 5.69. The van der Waals surface area contributed by atoms with Crippen LogP contribution >= 0.6 is 0 Å². The molecule has 0 aromatic heterocycles. The molecule has 0 aromatic carbocycles. The largest absolute Gasteiger partial charge is 0.463 e. The number of hydrogen-bond acceptors (Lipinski definition) is 6.